The molecule has 37 heavy (non-hydrogen) atoms. The van der Waals surface area contributed by atoms with Gasteiger partial charge < -0.3 is 15.0 Å². The third-order valence-corrected chi connectivity index (χ3v) is 6.24. The fourth-order valence-corrected chi connectivity index (χ4v) is 4.41. The summed E-state index contributed by atoms with van der Waals surface area (Å²) in [7, 11) is 0. The van der Waals surface area contributed by atoms with E-state index in [1.807, 2.05) is 91.1 Å². The van der Waals surface area contributed by atoms with Gasteiger partial charge in [0.25, 0.3) is 5.69 Å². The van der Waals surface area contributed by atoms with Crippen LogP contribution in [0.4, 0.5) is 5.69 Å². The number of hydrogen-bond acceptors (Lipinski definition) is 4. The standard InChI is InChI=1S/C30H25N3O4/c34-30(32-19-21-8-3-1-4-9-21)18-26(28-20-31-29-15-14-23(33(35)36)17-27(28)29)22-10-7-13-25(16-22)37-24-11-5-2-6-12-24/h1-17,20,26,31H,18-19H2,(H,32,34)/t26-/m1/s1. The number of carbonyl (C=O) groups is 1. The number of fused-ring (bicyclic) bond motifs is 1. The zero-order chi connectivity index (χ0) is 25.6. The lowest BCUT2D eigenvalue weighted by Crippen LogP contribution is -2.25. The van der Waals surface area contributed by atoms with Crippen LogP contribution < -0.4 is 10.1 Å². The monoisotopic (exact) mass is 491 g/mol. The van der Waals surface area contributed by atoms with Crippen molar-refractivity contribution in [2.45, 2.75) is 18.9 Å². The SMILES string of the molecule is O=C(C[C@H](c1cccc(Oc2ccccc2)c1)c1c[nH]c2ccc([N+](=O)[O-])cc12)NCc1ccccc1. The highest BCUT2D eigenvalue weighted by molar-refractivity contribution is 5.87. The summed E-state index contributed by atoms with van der Waals surface area (Å²) in [6.07, 6.45) is 1.99. The smallest absolute Gasteiger partial charge is 0.270 e. The van der Waals surface area contributed by atoms with Gasteiger partial charge in [0.1, 0.15) is 11.5 Å². The molecule has 0 radical (unpaired) electrons. The van der Waals surface area contributed by atoms with Crippen LogP contribution in [0.1, 0.15) is 29.0 Å². The number of rotatable bonds is 9. The number of nitro groups is 1. The van der Waals surface area contributed by atoms with E-state index in [2.05, 4.69) is 10.3 Å². The zero-order valence-electron chi connectivity index (χ0n) is 20.0. The van der Waals surface area contributed by atoms with E-state index in [0.717, 1.165) is 22.2 Å². The predicted molar refractivity (Wildman–Crippen MR) is 143 cm³/mol. The van der Waals surface area contributed by atoms with Gasteiger partial charge >= 0.3 is 0 Å². The Morgan fingerprint density at radius 2 is 1.62 bits per heavy atom. The third kappa shape index (κ3) is 5.67. The van der Waals surface area contributed by atoms with Gasteiger partial charge in [0.2, 0.25) is 5.91 Å². The van der Waals surface area contributed by atoms with Crippen LogP contribution in [0.15, 0.2) is 109 Å². The van der Waals surface area contributed by atoms with Crippen molar-refractivity contribution >= 4 is 22.5 Å². The first-order chi connectivity index (χ1) is 18.1. The number of benzene rings is 4. The van der Waals surface area contributed by atoms with E-state index in [4.69, 9.17) is 4.74 Å². The molecule has 0 spiro atoms. The predicted octanol–water partition coefficient (Wildman–Crippen LogP) is 6.71. The fourth-order valence-electron chi connectivity index (χ4n) is 4.41. The lowest BCUT2D eigenvalue weighted by atomic mass is 9.87. The Hall–Kier alpha value is -4.91. The van der Waals surface area contributed by atoms with Gasteiger partial charge in [0.15, 0.2) is 0 Å². The Labute approximate surface area is 213 Å². The van der Waals surface area contributed by atoms with E-state index in [1.54, 1.807) is 12.1 Å². The quantitative estimate of drug-likeness (QED) is 0.177. The molecule has 7 nitrogen and oxygen atoms in total. The molecule has 1 amide bonds. The average Bonchev–Trinajstić information content (AvgIpc) is 3.35. The van der Waals surface area contributed by atoms with Crippen LogP contribution in [-0.4, -0.2) is 15.8 Å². The van der Waals surface area contributed by atoms with Gasteiger partial charge in [-0.1, -0.05) is 60.7 Å². The Morgan fingerprint density at radius 3 is 2.38 bits per heavy atom. The number of ether oxygens (including phenoxy) is 1. The first kappa shape index (κ1) is 23.8. The number of H-pyrrole nitrogens is 1. The third-order valence-electron chi connectivity index (χ3n) is 6.24. The van der Waals surface area contributed by atoms with Crippen LogP contribution >= 0.6 is 0 Å². The van der Waals surface area contributed by atoms with Crippen molar-refractivity contribution in [1.82, 2.24) is 10.3 Å². The highest BCUT2D eigenvalue weighted by Crippen LogP contribution is 2.36. The maximum atomic E-state index is 13.1. The summed E-state index contributed by atoms with van der Waals surface area (Å²) in [6.45, 7) is 0.420. The van der Waals surface area contributed by atoms with Crippen LogP contribution in [0.3, 0.4) is 0 Å². The van der Waals surface area contributed by atoms with Crippen LogP contribution in [0.2, 0.25) is 0 Å². The van der Waals surface area contributed by atoms with E-state index < -0.39 is 4.92 Å². The van der Waals surface area contributed by atoms with Crippen molar-refractivity contribution in [3.63, 3.8) is 0 Å². The Bertz CT molecular complexity index is 1530. The molecule has 5 aromatic rings. The molecule has 7 heteroatoms. The molecule has 184 valence electrons. The molecule has 1 aromatic heterocycles. The highest BCUT2D eigenvalue weighted by atomic mass is 16.6. The summed E-state index contributed by atoms with van der Waals surface area (Å²) in [6, 6.07) is 31.5. The number of nitrogens with zero attached hydrogens (tertiary/aromatic N) is 1. The molecular weight excluding hydrogens is 466 g/mol. The lowest BCUT2D eigenvalue weighted by Gasteiger charge is -2.18. The Kier molecular flexibility index (Phi) is 6.94. The minimum atomic E-state index is -0.411. The minimum absolute atomic E-state index is 0.00166. The first-order valence-corrected chi connectivity index (χ1v) is 12.0. The maximum Gasteiger partial charge on any atom is 0.270 e. The molecule has 2 N–H and O–H groups in total. The second kappa shape index (κ2) is 10.8. The number of nitrogens with one attached hydrogen (secondary N) is 2. The van der Waals surface area contributed by atoms with Crippen LogP contribution in [0.5, 0.6) is 11.5 Å². The largest absolute Gasteiger partial charge is 0.457 e. The Morgan fingerprint density at radius 1 is 0.892 bits per heavy atom. The van der Waals surface area contributed by atoms with Gasteiger partial charge in [-0.15, -0.1) is 0 Å². The molecule has 0 aliphatic rings. The highest BCUT2D eigenvalue weighted by Gasteiger charge is 2.23. The van der Waals surface area contributed by atoms with E-state index in [0.29, 0.717) is 23.4 Å². The number of non-ortho nitro benzene ring substituents is 1. The molecule has 1 heterocycles. The molecule has 0 fully saturated rings. The zero-order valence-corrected chi connectivity index (χ0v) is 20.0. The fraction of sp³-hybridized carbons (Fsp3) is 0.100. The second-order valence-electron chi connectivity index (χ2n) is 8.74. The molecule has 5 rings (SSSR count). The van der Waals surface area contributed by atoms with Crippen molar-refractivity contribution < 1.29 is 14.5 Å². The summed E-state index contributed by atoms with van der Waals surface area (Å²) < 4.78 is 6.04. The second-order valence-corrected chi connectivity index (χ2v) is 8.74. The number of amides is 1. The van der Waals surface area contributed by atoms with Gasteiger partial charge in [0, 0.05) is 48.1 Å². The minimum Gasteiger partial charge on any atom is -0.457 e. The van der Waals surface area contributed by atoms with Gasteiger partial charge in [-0.2, -0.15) is 0 Å². The van der Waals surface area contributed by atoms with Gasteiger partial charge in [-0.3, -0.25) is 14.9 Å². The first-order valence-electron chi connectivity index (χ1n) is 12.0. The Balaban J connectivity index is 1.48. The van der Waals surface area contributed by atoms with Crippen LogP contribution in [-0.2, 0) is 11.3 Å². The van der Waals surface area contributed by atoms with Crippen molar-refractivity contribution in [3.8, 4) is 11.5 Å². The summed E-state index contributed by atoms with van der Waals surface area (Å²) in [5.41, 5.74) is 3.46. The molecule has 0 aliphatic carbocycles. The molecule has 0 saturated heterocycles. The number of aromatic amines is 1. The van der Waals surface area contributed by atoms with E-state index in [1.165, 1.54) is 6.07 Å². The van der Waals surface area contributed by atoms with E-state index >= 15 is 0 Å². The summed E-state index contributed by atoms with van der Waals surface area (Å²) >= 11 is 0. The van der Waals surface area contributed by atoms with Crippen molar-refractivity contribution in [3.05, 3.63) is 136 Å². The molecule has 0 saturated carbocycles. The molecule has 0 bridgehead atoms. The van der Waals surface area contributed by atoms with E-state index in [9.17, 15) is 14.9 Å². The molecule has 0 aliphatic heterocycles. The maximum absolute atomic E-state index is 13.1. The summed E-state index contributed by atoms with van der Waals surface area (Å²) in [5.74, 6) is 0.873. The number of hydrogen-bond donors (Lipinski definition) is 2. The molecule has 4 aromatic carbocycles. The topological polar surface area (TPSA) is 97.3 Å². The molecule has 1 atom stereocenters. The molecule has 0 unspecified atom stereocenters. The van der Waals surface area contributed by atoms with Crippen LogP contribution in [0, 0.1) is 10.1 Å². The van der Waals surface area contributed by atoms with Crippen LogP contribution in [0.25, 0.3) is 10.9 Å². The van der Waals surface area contributed by atoms with Gasteiger partial charge in [-0.05, 0) is 47.0 Å². The normalized spacial score (nSPS) is 11.7. The number of carbonyl (C=O) groups excluding carboxylic acids is 1. The van der Waals surface area contributed by atoms with Gasteiger partial charge in [-0.25, -0.2) is 0 Å². The average molecular weight is 492 g/mol. The number of para-hydroxylation sites is 1. The van der Waals surface area contributed by atoms with E-state index in [-0.39, 0.29) is 23.9 Å². The van der Waals surface area contributed by atoms with Crippen molar-refractivity contribution in [2.75, 3.05) is 0 Å². The summed E-state index contributed by atoms with van der Waals surface area (Å²) in [5, 5.41) is 15.2. The van der Waals surface area contributed by atoms with Crippen molar-refractivity contribution in [2.24, 2.45) is 0 Å². The number of nitro benzene ring substituents is 1. The van der Waals surface area contributed by atoms with Gasteiger partial charge in [0.05, 0.1) is 4.92 Å². The summed E-state index contributed by atoms with van der Waals surface area (Å²) in [4.78, 5) is 27.4. The molecular formula is C30H25N3O4. The lowest BCUT2D eigenvalue weighted by molar-refractivity contribution is -0.384. The number of aromatic nitrogens is 1. The van der Waals surface area contributed by atoms with Crippen molar-refractivity contribution in [1.29, 1.82) is 0 Å².